The third-order valence-electron chi connectivity index (χ3n) is 4.29. The molecule has 1 fully saturated rings. The Balaban J connectivity index is 1.51. The molecule has 2 amide bonds. The quantitative estimate of drug-likeness (QED) is 0.853. The fourth-order valence-corrected chi connectivity index (χ4v) is 3.69. The fourth-order valence-electron chi connectivity index (χ4n) is 3.04. The summed E-state index contributed by atoms with van der Waals surface area (Å²) >= 11 is 1.67. The number of hydrogen-bond donors (Lipinski definition) is 1. The maximum Gasteiger partial charge on any atom is 0.317 e. The van der Waals surface area contributed by atoms with E-state index in [-0.39, 0.29) is 11.6 Å². The van der Waals surface area contributed by atoms with Gasteiger partial charge in [0.05, 0.1) is 18.8 Å². The van der Waals surface area contributed by atoms with E-state index in [1.807, 2.05) is 22.4 Å². The molecular formula is C16H22N2O2S. The molecule has 1 saturated heterocycles. The van der Waals surface area contributed by atoms with Gasteiger partial charge in [-0.3, -0.25) is 0 Å². The van der Waals surface area contributed by atoms with Gasteiger partial charge in [-0.2, -0.15) is 0 Å². The number of piperidine rings is 1. The minimum atomic E-state index is -0.118. The lowest BCUT2D eigenvalue weighted by Gasteiger charge is -2.42. The van der Waals surface area contributed by atoms with Crippen molar-refractivity contribution in [2.45, 2.75) is 38.3 Å². The first-order valence-corrected chi connectivity index (χ1v) is 8.42. The van der Waals surface area contributed by atoms with Gasteiger partial charge in [-0.05, 0) is 37.6 Å². The molecule has 1 N–H and O–H groups in total. The van der Waals surface area contributed by atoms with Crippen LogP contribution in [0.1, 0.15) is 31.1 Å². The molecule has 0 bridgehead atoms. The summed E-state index contributed by atoms with van der Waals surface area (Å²) in [5, 5.41) is 5.03. The second kappa shape index (κ2) is 6.20. The van der Waals surface area contributed by atoms with E-state index in [4.69, 9.17) is 4.74 Å². The number of thiophene rings is 1. The lowest BCUT2D eigenvalue weighted by Crippen LogP contribution is -2.50. The molecule has 114 valence electrons. The van der Waals surface area contributed by atoms with Gasteiger partial charge in [-0.25, -0.2) is 4.79 Å². The SMILES string of the molecule is CC1=CC2(CCN(C(=O)NCc3cccs3)CC2)OCC1. The zero-order valence-corrected chi connectivity index (χ0v) is 13.2. The van der Waals surface area contributed by atoms with Gasteiger partial charge in [0.25, 0.3) is 0 Å². The van der Waals surface area contributed by atoms with Crippen LogP contribution in [0.25, 0.3) is 0 Å². The van der Waals surface area contributed by atoms with Crippen LogP contribution in [0.4, 0.5) is 4.79 Å². The normalized spacial score (nSPS) is 21.2. The van der Waals surface area contributed by atoms with Crippen LogP contribution in [0.2, 0.25) is 0 Å². The van der Waals surface area contributed by atoms with Crippen LogP contribution in [-0.4, -0.2) is 36.2 Å². The number of rotatable bonds is 2. The van der Waals surface area contributed by atoms with E-state index in [1.165, 1.54) is 10.5 Å². The molecule has 3 heterocycles. The van der Waals surface area contributed by atoms with E-state index in [0.29, 0.717) is 6.54 Å². The van der Waals surface area contributed by atoms with E-state index < -0.39 is 0 Å². The smallest absolute Gasteiger partial charge is 0.317 e. The lowest BCUT2D eigenvalue weighted by atomic mass is 9.87. The van der Waals surface area contributed by atoms with Gasteiger partial charge in [-0.15, -0.1) is 11.3 Å². The highest BCUT2D eigenvalue weighted by molar-refractivity contribution is 7.09. The molecule has 3 rings (SSSR count). The van der Waals surface area contributed by atoms with Crippen LogP contribution in [0, 0.1) is 0 Å². The van der Waals surface area contributed by atoms with Crippen LogP contribution >= 0.6 is 11.3 Å². The first-order chi connectivity index (χ1) is 10.2. The molecule has 0 saturated carbocycles. The zero-order chi connectivity index (χ0) is 14.7. The minimum absolute atomic E-state index is 0.0368. The summed E-state index contributed by atoms with van der Waals surface area (Å²) in [7, 11) is 0. The van der Waals surface area contributed by atoms with E-state index in [0.717, 1.165) is 39.0 Å². The Bertz CT molecular complexity index is 516. The number of nitrogens with zero attached hydrogens (tertiary/aromatic N) is 1. The van der Waals surface area contributed by atoms with Crippen molar-refractivity contribution in [3.8, 4) is 0 Å². The Morgan fingerprint density at radius 1 is 1.48 bits per heavy atom. The van der Waals surface area contributed by atoms with E-state index in [2.05, 4.69) is 18.3 Å². The molecule has 1 aromatic rings. The summed E-state index contributed by atoms with van der Waals surface area (Å²) in [6, 6.07) is 4.08. The highest BCUT2D eigenvalue weighted by Crippen LogP contribution is 2.32. The molecule has 0 aliphatic carbocycles. The number of nitrogens with one attached hydrogen (secondary N) is 1. The first kappa shape index (κ1) is 14.6. The van der Waals surface area contributed by atoms with Gasteiger partial charge in [0.2, 0.25) is 0 Å². The van der Waals surface area contributed by atoms with Crippen LogP contribution in [0.3, 0.4) is 0 Å². The highest BCUT2D eigenvalue weighted by Gasteiger charge is 2.36. The molecular weight excluding hydrogens is 284 g/mol. The summed E-state index contributed by atoms with van der Waals surface area (Å²) in [5.74, 6) is 0. The molecule has 0 aromatic carbocycles. The topological polar surface area (TPSA) is 41.6 Å². The van der Waals surface area contributed by atoms with Gasteiger partial charge in [-0.1, -0.05) is 17.7 Å². The van der Waals surface area contributed by atoms with Gasteiger partial charge < -0.3 is 15.0 Å². The monoisotopic (exact) mass is 306 g/mol. The van der Waals surface area contributed by atoms with Gasteiger partial charge in [0.15, 0.2) is 0 Å². The minimum Gasteiger partial charge on any atom is -0.370 e. The second-order valence-electron chi connectivity index (χ2n) is 5.88. The predicted molar refractivity (Wildman–Crippen MR) is 84.4 cm³/mol. The highest BCUT2D eigenvalue weighted by atomic mass is 32.1. The Kier molecular flexibility index (Phi) is 4.31. The number of hydrogen-bond acceptors (Lipinski definition) is 3. The molecule has 5 heteroatoms. The van der Waals surface area contributed by atoms with Crippen molar-refractivity contribution in [2.75, 3.05) is 19.7 Å². The summed E-state index contributed by atoms with van der Waals surface area (Å²) < 4.78 is 5.99. The molecule has 2 aliphatic heterocycles. The molecule has 0 radical (unpaired) electrons. The van der Waals surface area contributed by atoms with Crippen LogP contribution < -0.4 is 5.32 Å². The summed E-state index contributed by atoms with van der Waals surface area (Å²) in [6.07, 6.45) is 5.11. The summed E-state index contributed by atoms with van der Waals surface area (Å²) in [5.41, 5.74) is 1.30. The van der Waals surface area contributed by atoms with Gasteiger partial charge in [0.1, 0.15) is 0 Å². The largest absolute Gasteiger partial charge is 0.370 e. The van der Waals surface area contributed by atoms with Gasteiger partial charge in [0, 0.05) is 18.0 Å². The lowest BCUT2D eigenvalue weighted by molar-refractivity contribution is -0.0504. The summed E-state index contributed by atoms with van der Waals surface area (Å²) in [4.78, 5) is 15.3. The fraction of sp³-hybridized carbons (Fsp3) is 0.562. The zero-order valence-electron chi connectivity index (χ0n) is 12.4. The van der Waals surface area contributed by atoms with Crippen LogP contribution in [0.5, 0.6) is 0 Å². The number of amides is 2. The number of ether oxygens (including phenoxy) is 1. The molecule has 0 atom stereocenters. The third-order valence-corrected chi connectivity index (χ3v) is 5.16. The molecule has 0 unspecified atom stereocenters. The standard InChI is InChI=1S/C16H22N2O2S/c1-13-4-9-20-16(11-13)5-7-18(8-6-16)15(19)17-12-14-3-2-10-21-14/h2-3,10-11H,4-9,12H2,1H3,(H,17,19). The van der Waals surface area contributed by atoms with E-state index >= 15 is 0 Å². The maximum absolute atomic E-state index is 12.2. The van der Waals surface area contributed by atoms with Crippen molar-refractivity contribution < 1.29 is 9.53 Å². The number of carbonyl (C=O) groups excluding carboxylic acids is 1. The molecule has 1 aromatic heterocycles. The number of urea groups is 1. The number of carbonyl (C=O) groups is 1. The first-order valence-electron chi connectivity index (χ1n) is 7.54. The van der Waals surface area contributed by atoms with E-state index in [9.17, 15) is 4.79 Å². The predicted octanol–water partition coefficient (Wildman–Crippen LogP) is 3.16. The molecule has 4 nitrogen and oxygen atoms in total. The average molecular weight is 306 g/mol. The Morgan fingerprint density at radius 2 is 2.29 bits per heavy atom. The molecule has 21 heavy (non-hydrogen) atoms. The van der Waals surface area contributed by atoms with E-state index in [1.54, 1.807) is 11.3 Å². The Labute approximate surface area is 129 Å². The van der Waals surface area contributed by atoms with Crippen molar-refractivity contribution in [3.63, 3.8) is 0 Å². The Morgan fingerprint density at radius 3 is 2.95 bits per heavy atom. The number of likely N-dealkylation sites (tertiary alicyclic amines) is 1. The average Bonchev–Trinajstić information content (AvgIpc) is 2.99. The van der Waals surface area contributed by atoms with Gasteiger partial charge >= 0.3 is 6.03 Å². The van der Waals surface area contributed by atoms with Crippen LogP contribution in [0.15, 0.2) is 29.2 Å². The Hall–Kier alpha value is -1.33. The van der Waals surface area contributed by atoms with Crippen molar-refractivity contribution in [3.05, 3.63) is 34.0 Å². The van der Waals surface area contributed by atoms with Crippen molar-refractivity contribution in [1.82, 2.24) is 10.2 Å². The third kappa shape index (κ3) is 3.47. The molecule has 2 aliphatic rings. The van der Waals surface area contributed by atoms with Crippen LogP contribution in [-0.2, 0) is 11.3 Å². The maximum atomic E-state index is 12.2. The second-order valence-corrected chi connectivity index (χ2v) is 6.91. The molecule has 1 spiro atoms. The van der Waals surface area contributed by atoms with Crippen molar-refractivity contribution in [2.24, 2.45) is 0 Å². The summed E-state index contributed by atoms with van der Waals surface area (Å²) in [6.45, 7) is 5.13. The van der Waals surface area contributed by atoms with Crippen molar-refractivity contribution in [1.29, 1.82) is 0 Å². The van der Waals surface area contributed by atoms with Crippen molar-refractivity contribution >= 4 is 17.4 Å².